The molecule has 0 bridgehead atoms. The molecule has 0 saturated heterocycles. The van der Waals surface area contributed by atoms with Crippen LogP contribution in [0.4, 0.5) is 0 Å². The summed E-state index contributed by atoms with van der Waals surface area (Å²) in [4.78, 5) is 15.0. The molecule has 0 N–H and O–H groups in total. The van der Waals surface area contributed by atoms with Crippen molar-refractivity contribution in [1.29, 1.82) is 0 Å². The van der Waals surface area contributed by atoms with E-state index in [0.717, 1.165) is 36.8 Å². The van der Waals surface area contributed by atoms with Gasteiger partial charge in [-0.1, -0.05) is 24.4 Å². The summed E-state index contributed by atoms with van der Waals surface area (Å²) >= 11 is 6.29. The van der Waals surface area contributed by atoms with E-state index < -0.39 is 5.54 Å². The molecule has 108 valence electrons. The maximum atomic E-state index is 10.9. The van der Waals surface area contributed by atoms with Crippen LogP contribution in [0.15, 0.2) is 11.1 Å². The van der Waals surface area contributed by atoms with E-state index in [-0.39, 0.29) is 0 Å². The predicted octanol–water partition coefficient (Wildman–Crippen LogP) is 3.77. The minimum Gasteiger partial charge on any atom is -0.493 e. The van der Waals surface area contributed by atoms with Gasteiger partial charge >= 0.3 is 0 Å². The van der Waals surface area contributed by atoms with Gasteiger partial charge in [-0.25, -0.2) is 4.79 Å². The molecule has 1 aromatic carbocycles. The number of halogens is 1. The Morgan fingerprint density at radius 3 is 2.45 bits per heavy atom. The quantitative estimate of drug-likeness (QED) is 0.627. The highest BCUT2D eigenvalue weighted by Gasteiger charge is 2.40. The highest BCUT2D eigenvalue weighted by Crippen LogP contribution is 2.51. The largest absolute Gasteiger partial charge is 0.493 e. The maximum Gasteiger partial charge on any atom is 0.235 e. The van der Waals surface area contributed by atoms with Crippen molar-refractivity contribution in [3.8, 4) is 11.5 Å². The molecule has 1 aliphatic rings. The van der Waals surface area contributed by atoms with Crippen molar-refractivity contribution in [2.24, 2.45) is 4.99 Å². The lowest BCUT2D eigenvalue weighted by Gasteiger charge is -2.28. The Balaban J connectivity index is 2.76. The number of aliphatic imine (C=N–C) groups is 1. The molecule has 4 nitrogen and oxygen atoms in total. The third-order valence-corrected chi connectivity index (χ3v) is 4.41. The number of benzene rings is 1. The zero-order valence-electron chi connectivity index (χ0n) is 12.0. The number of nitrogens with zero attached hydrogens (tertiary/aromatic N) is 1. The fraction of sp³-hybridized carbons (Fsp3) is 0.533. The summed E-state index contributed by atoms with van der Waals surface area (Å²) in [6, 6.07) is 1.73. The molecule has 1 aromatic rings. The highest BCUT2D eigenvalue weighted by atomic mass is 35.5. The van der Waals surface area contributed by atoms with E-state index in [1.165, 1.54) is 0 Å². The molecule has 2 rings (SSSR count). The topological polar surface area (TPSA) is 47.9 Å². The standard InChI is InChI=1S/C15H18ClNO3/c1-10-11(16)8-12(19-2)14(20-3)13(10)15(17-9-18)6-4-5-7-15/h8H,4-7H2,1-3H3. The van der Waals surface area contributed by atoms with Gasteiger partial charge in [-0.2, -0.15) is 4.99 Å². The van der Waals surface area contributed by atoms with Gasteiger partial charge in [0.2, 0.25) is 6.08 Å². The van der Waals surface area contributed by atoms with Crippen LogP contribution in [0, 0.1) is 6.92 Å². The van der Waals surface area contributed by atoms with Crippen LogP contribution in [0.5, 0.6) is 11.5 Å². The van der Waals surface area contributed by atoms with Crippen molar-refractivity contribution in [3.05, 3.63) is 22.2 Å². The summed E-state index contributed by atoms with van der Waals surface area (Å²) in [5, 5.41) is 0.588. The van der Waals surface area contributed by atoms with Crippen LogP contribution in [0.3, 0.4) is 0 Å². The van der Waals surface area contributed by atoms with E-state index in [2.05, 4.69) is 4.99 Å². The Labute approximate surface area is 123 Å². The van der Waals surface area contributed by atoms with Gasteiger partial charge in [-0.15, -0.1) is 0 Å². The summed E-state index contributed by atoms with van der Waals surface area (Å²) in [7, 11) is 3.15. The lowest BCUT2D eigenvalue weighted by atomic mass is 9.84. The number of methoxy groups -OCH3 is 2. The van der Waals surface area contributed by atoms with Gasteiger partial charge in [-0.3, -0.25) is 0 Å². The first-order chi connectivity index (χ1) is 9.59. The van der Waals surface area contributed by atoms with E-state index in [1.807, 2.05) is 6.92 Å². The molecule has 0 spiro atoms. The molecular weight excluding hydrogens is 278 g/mol. The molecule has 0 aromatic heterocycles. The van der Waals surface area contributed by atoms with E-state index in [4.69, 9.17) is 21.1 Å². The van der Waals surface area contributed by atoms with Gasteiger partial charge in [0.05, 0.1) is 14.2 Å². The van der Waals surface area contributed by atoms with Crippen LogP contribution < -0.4 is 9.47 Å². The SMILES string of the molecule is COc1cc(Cl)c(C)c(C2(N=C=O)CCCC2)c1OC. The fourth-order valence-electron chi connectivity index (χ4n) is 3.08. The minimum atomic E-state index is -0.588. The Morgan fingerprint density at radius 2 is 1.95 bits per heavy atom. The monoisotopic (exact) mass is 295 g/mol. The van der Waals surface area contributed by atoms with Crippen LogP contribution in [-0.4, -0.2) is 20.3 Å². The molecule has 0 heterocycles. The molecule has 0 atom stereocenters. The third-order valence-electron chi connectivity index (χ3n) is 4.02. The number of hydrogen-bond acceptors (Lipinski definition) is 4. The zero-order valence-corrected chi connectivity index (χ0v) is 12.7. The first kappa shape index (κ1) is 14.9. The second kappa shape index (κ2) is 5.86. The van der Waals surface area contributed by atoms with Gasteiger partial charge in [0.1, 0.15) is 5.54 Å². The van der Waals surface area contributed by atoms with Gasteiger partial charge in [0.25, 0.3) is 0 Å². The van der Waals surface area contributed by atoms with Gasteiger partial charge in [0.15, 0.2) is 11.5 Å². The molecule has 0 radical (unpaired) electrons. The van der Waals surface area contributed by atoms with Crippen molar-refractivity contribution >= 4 is 17.7 Å². The zero-order chi connectivity index (χ0) is 14.8. The minimum absolute atomic E-state index is 0.561. The smallest absolute Gasteiger partial charge is 0.235 e. The summed E-state index contributed by atoms with van der Waals surface area (Å²) in [6.07, 6.45) is 5.34. The normalized spacial score (nSPS) is 16.6. The van der Waals surface area contributed by atoms with Gasteiger partial charge < -0.3 is 9.47 Å². The van der Waals surface area contributed by atoms with E-state index >= 15 is 0 Å². The third kappa shape index (κ3) is 2.30. The molecule has 0 aliphatic heterocycles. The van der Waals surface area contributed by atoms with E-state index in [9.17, 15) is 4.79 Å². The van der Waals surface area contributed by atoms with Gasteiger partial charge in [0, 0.05) is 16.7 Å². The molecular formula is C15H18ClNO3. The number of isocyanates is 1. The van der Waals surface area contributed by atoms with Crippen LogP contribution in [0.1, 0.15) is 36.8 Å². The first-order valence-corrected chi connectivity index (χ1v) is 6.98. The Hall–Kier alpha value is -1.51. The van der Waals surface area contributed by atoms with Crippen molar-refractivity contribution < 1.29 is 14.3 Å². The second-order valence-corrected chi connectivity index (χ2v) is 5.44. The van der Waals surface area contributed by atoms with Crippen LogP contribution in [-0.2, 0) is 10.3 Å². The summed E-state index contributed by atoms with van der Waals surface area (Å²) < 4.78 is 10.9. The number of carbonyl (C=O) groups excluding carboxylic acids is 1. The maximum absolute atomic E-state index is 10.9. The second-order valence-electron chi connectivity index (χ2n) is 5.04. The molecule has 5 heteroatoms. The Kier molecular flexibility index (Phi) is 4.36. The lowest BCUT2D eigenvalue weighted by Crippen LogP contribution is -2.22. The Morgan fingerprint density at radius 1 is 1.30 bits per heavy atom. The van der Waals surface area contributed by atoms with Crippen molar-refractivity contribution in [2.75, 3.05) is 14.2 Å². The average molecular weight is 296 g/mol. The van der Waals surface area contributed by atoms with E-state index in [0.29, 0.717) is 16.5 Å². The summed E-state index contributed by atoms with van der Waals surface area (Å²) in [5.41, 5.74) is 1.14. The number of hydrogen-bond donors (Lipinski definition) is 0. The van der Waals surface area contributed by atoms with Crippen LogP contribution in [0.25, 0.3) is 0 Å². The predicted molar refractivity (Wildman–Crippen MR) is 77.6 cm³/mol. The fourth-order valence-corrected chi connectivity index (χ4v) is 3.27. The summed E-state index contributed by atoms with van der Waals surface area (Å²) in [5.74, 6) is 1.17. The lowest BCUT2D eigenvalue weighted by molar-refractivity contribution is 0.336. The highest BCUT2D eigenvalue weighted by molar-refractivity contribution is 6.31. The van der Waals surface area contributed by atoms with E-state index in [1.54, 1.807) is 26.4 Å². The van der Waals surface area contributed by atoms with Crippen molar-refractivity contribution in [2.45, 2.75) is 38.1 Å². The van der Waals surface area contributed by atoms with Crippen molar-refractivity contribution in [3.63, 3.8) is 0 Å². The summed E-state index contributed by atoms with van der Waals surface area (Å²) in [6.45, 7) is 1.92. The van der Waals surface area contributed by atoms with Crippen molar-refractivity contribution in [1.82, 2.24) is 0 Å². The average Bonchev–Trinajstić information content (AvgIpc) is 2.90. The molecule has 1 aliphatic carbocycles. The molecule has 1 fully saturated rings. The molecule has 0 unspecified atom stereocenters. The molecule has 0 amide bonds. The first-order valence-electron chi connectivity index (χ1n) is 6.60. The molecule has 20 heavy (non-hydrogen) atoms. The number of ether oxygens (including phenoxy) is 2. The Bertz CT molecular complexity index is 559. The van der Waals surface area contributed by atoms with Gasteiger partial charge in [-0.05, 0) is 25.3 Å². The number of rotatable bonds is 4. The molecule has 1 saturated carbocycles. The van der Waals surface area contributed by atoms with Crippen LogP contribution >= 0.6 is 11.6 Å². The van der Waals surface area contributed by atoms with Crippen LogP contribution in [0.2, 0.25) is 5.02 Å².